The largest absolute Gasteiger partial charge is 0.497 e. The maximum Gasteiger partial charge on any atom is 0.312 e. The summed E-state index contributed by atoms with van der Waals surface area (Å²) in [6.07, 6.45) is -0.176. The number of aliphatic hydroxyl groups is 1. The second-order valence-corrected chi connectivity index (χ2v) is 9.59. The van der Waals surface area contributed by atoms with E-state index in [1.807, 2.05) is 0 Å². The number of ether oxygens (including phenoxy) is 3. The van der Waals surface area contributed by atoms with E-state index in [2.05, 4.69) is 21.2 Å². The van der Waals surface area contributed by atoms with Crippen LogP contribution in [0.4, 0.5) is 5.69 Å². The van der Waals surface area contributed by atoms with Gasteiger partial charge in [0, 0.05) is 10.5 Å². The molecule has 7 atom stereocenters. The standard InChI is InChI=1S/C22H27BrN2O7/c1-4-31-21(29)15-16-20(28)25(11(2)10-26)18(22(16)9-14(23)17(15)32-22)19(27)24-12-5-7-13(30-3)8-6-12/h5-8,11,14-18,26H,4,9-10H2,1-3H3,(H,24,27)/t11-,14?,15-,16+,17-,18?,22?/m1/s1. The number of esters is 1. The molecule has 4 rings (SSSR count). The van der Waals surface area contributed by atoms with Crippen LogP contribution in [0, 0.1) is 11.8 Å². The van der Waals surface area contributed by atoms with Crippen molar-refractivity contribution >= 4 is 39.4 Å². The van der Waals surface area contributed by atoms with Crippen LogP contribution in [0.5, 0.6) is 5.75 Å². The van der Waals surface area contributed by atoms with Crippen LogP contribution in [-0.4, -0.2) is 76.7 Å². The van der Waals surface area contributed by atoms with Gasteiger partial charge >= 0.3 is 5.97 Å². The third kappa shape index (κ3) is 3.39. The zero-order valence-electron chi connectivity index (χ0n) is 18.1. The van der Waals surface area contributed by atoms with Gasteiger partial charge in [0.1, 0.15) is 17.4 Å². The van der Waals surface area contributed by atoms with E-state index in [9.17, 15) is 19.5 Å². The fraction of sp³-hybridized carbons (Fsp3) is 0.591. The number of alkyl halides is 1. The van der Waals surface area contributed by atoms with Crippen molar-refractivity contribution in [2.24, 2.45) is 11.8 Å². The van der Waals surface area contributed by atoms with Crippen LogP contribution in [0.15, 0.2) is 24.3 Å². The van der Waals surface area contributed by atoms with Crippen molar-refractivity contribution in [1.82, 2.24) is 4.90 Å². The number of amides is 2. The van der Waals surface area contributed by atoms with Crippen LogP contribution in [0.25, 0.3) is 0 Å². The Balaban J connectivity index is 1.71. The predicted octanol–water partition coefficient (Wildman–Crippen LogP) is 1.33. The van der Waals surface area contributed by atoms with Crippen molar-refractivity contribution in [2.75, 3.05) is 25.6 Å². The molecule has 3 aliphatic heterocycles. The van der Waals surface area contributed by atoms with E-state index in [1.54, 1.807) is 45.2 Å². The normalized spacial score (nSPS) is 33.7. The van der Waals surface area contributed by atoms with Crippen molar-refractivity contribution < 1.29 is 33.7 Å². The van der Waals surface area contributed by atoms with Gasteiger partial charge in [0.15, 0.2) is 0 Å². The number of hydrogen-bond acceptors (Lipinski definition) is 7. The molecule has 3 heterocycles. The minimum Gasteiger partial charge on any atom is -0.497 e. The van der Waals surface area contributed by atoms with E-state index in [-0.39, 0.29) is 23.9 Å². The first kappa shape index (κ1) is 23.0. The highest BCUT2D eigenvalue weighted by Crippen LogP contribution is 2.60. The summed E-state index contributed by atoms with van der Waals surface area (Å²) in [5, 5.41) is 12.7. The summed E-state index contributed by atoms with van der Waals surface area (Å²) in [6, 6.07) is 5.19. The number of aliphatic hydroxyl groups excluding tert-OH is 1. The Kier molecular flexibility index (Phi) is 6.21. The van der Waals surface area contributed by atoms with E-state index in [1.165, 1.54) is 4.90 Å². The summed E-state index contributed by atoms with van der Waals surface area (Å²) in [5.41, 5.74) is -0.655. The average Bonchev–Trinajstić information content (AvgIpc) is 3.37. The van der Waals surface area contributed by atoms with Gasteiger partial charge in [0.25, 0.3) is 0 Å². The smallest absolute Gasteiger partial charge is 0.312 e. The summed E-state index contributed by atoms with van der Waals surface area (Å²) in [4.78, 5) is 41.1. The molecular formula is C22H27BrN2O7. The summed E-state index contributed by atoms with van der Waals surface area (Å²) in [7, 11) is 1.55. The van der Waals surface area contributed by atoms with Crippen molar-refractivity contribution in [3.8, 4) is 5.75 Å². The fourth-order valence-electron chi connectivity index (χ4n) is 5.32. The number of rotatable bonds is 7. The molecular weight excluding hydrogens is 484 g/mol. The third-order valence-electron chi connectivity index (χ3n) is 6.63. The molecule has 3 fully saturated rings. The van der Waals surface area contributed by atoms with Gasteiger partial charge in [-0.2, -0.15) is 0 Å². The lowest BCUT2D eigenvalue weighted by Gasteiger charge is -2.35. The first-order valence-electron chi connectivity index (χ1n) is 10.7. The van der Waals surface area contributed by atoms with Gasteiger partial charge in [-0.1, -0.05) is 15.9 Å². The average molecular weight is 511 g/mol. The number of carbonyl (C=O) groups excluding carboxylic acids is 3. The molecule has 0 aromatic heterocycles. The van der Waals surface area contributed by atoms with Gasteiger partial charge in [0.05, 0.1) is 44.3 Å². The van der Waals surface area contributed by atoms with E-state index in [0.717, 1.165) is 0 Å². The molecule has 9 nitrogen and oxygen atoms in total. The summed E-state index contributed by atoms with van der Waals surface area (Å²) >= 11 is 3.58. The van der Waals surface area contributed by atoms with Gasteiger partial charge in [-0.05, 0) is 44.5 Å². The molecule has 0 aliphatic carbocycles. The molecule has 2 N–H and O–H groups in total. The maximum absolute atomic E-state index is 13.6. The molecule has 1 aromatic carbocycles. The lowest BCUT2D eigenvalue weighted by atomic mass is 9.70. The molecule has 0 saturated carbocycles. The number of methoxy groups -OCH3 is 1. The minimum absolute atomic E-state index is 0.182. The minimum atomic E-state index is -1.19. The first-order chi connectivity index (χ1) is 15.3. The Morgan fingerprint density at radius 3 is 2.66 bits per heavy atom. The highest BCUT2D eigenvalue weighted by Gasteiger charge is 2.77. The number of anilines is 1. The number of fused-ring (bicyclic) bond motifs is 1. The molecule has 1 spiro atoms. The van der Waals surface area contributed by atoms with Crippen molar-refractivity contribution in [3.63, 3.8) is 0 Å². The van der Waals surface area contributed by atoms with E-state index in [0.29, 0.717) is 17.9 Å². The van der Waals surface area contributed by atoms with Crippen LogP contribution in [-0.2, 0) is 23.9 Å². The number of benzene rings is 1. The zero-order valence-corrected chi connectivity index (χ0v) is 19.7. The first-order valence-corrected chi connectivity index (χ1v) is 11.6. The second-order valence-electron chi connectivity index (χ2n) is 8.41. The molecule has 3 aliphatic rings. The van der Waals surface area contributed by atoms with Crippen LogP contribution in [0.3, 0.4) is 0 Å². The molecule has 2 amide bonds. The highest BCUT2D eigenvalue weighted by molar-refractivity contribution is 9.09. The van der Waals surface area contributed by atoms with Gasteiger partial charge < -0.3 is 29.5 Å². The van der Waals surface area contributed by atoms with Crippen LogP contribution in [0.2, 0.25) is 0 Å². The molecule has 32 heavy (non-hydrogen) atoms. The van der Waals surface area contributed by atoms with E-state index < -0.39 is 47.5 Å². The molecule has 3 unspecified atom stereocenters. The number of nitrogens with one attached hydrogen (secondary N) is 1. The number of carbonyl (C=O) groups is 3. The Bertz CT molecular complexity index is 910. The lowest BCUT2D eigenvalue weighted by molar-refractivity contribution is -0.155. The van der Waals surface area contributed by atoms with Crippen LogP contribution < -0.4 is 10.1 Å². The monoisotopic (exact) mass is 510 g/mol. The number of nitrogens with zero attached hydrogens (tertiary/aromatic N) is 1. The Hall–Kier alpha value is -2.17. The molecule has 1 aromatic rings. The van der Waals surface area contributed by atoms with Crippen molar-refractivity contribution in [2.45, 2.75) is 48.9 Å². The second kappa shape index (κ2) is 8.64. The van der Waals surface area contributed by atoms with Gasteiger partial charge in [-0.3, -0.25) is 14.4 Å². The summed E-state index contributed by atoms with van der Waals surface area (Å²) in [6.45, 7) is 3.23. The molecule has 2 bridgehead atoms. The number of hydrogen-bond donors (Lipinski definition) is 2. The summed E-state index contributed by atoms with van der Waals surface area (Å²) in [5.74, 6) is -2.33. The molecule has 3 saturated heterocycles. The van der Waals surface area contributed by atoms with Gasteiger partial charge in [-0.15, -0.1) is 0 Å². The fourth-order valence-corrected chi connectivity index (χ4v) is 6.26. The van der Waals surface area contributed by atoms with Crippen molar-refractivity contribution in [1.29, 1.82) is 0 Å². The van der Waals surface area contributed by atoms with Crippen molar-refractivity contribution in [3.05, 3.63) is 24.3 Å². The third-order valence-corrected chi connectivity index (χ3v) is 7.48. The number of likely N-dealkylation sites (tertiary alicyclic amines) is 1. The van der Waals surface area contributed by atoms with Crippen LogP contribution >= 0.6 is 15.9 Å². The topological polar surface area (TPSA) is 114 Å². The maximum atomic E-state index is 13.6. The van der Waals surface area contributed by atoms with Crippen LogP contribution in [0.1, 0.15) is 20.3 Å². The SMILES string of the molecule is CCOC(=O)[C@H]1[C@@H]2OC3(CC2Br)C(C(=O)Nc2ccc(OC)cc2)N([C@H](C)CO)C(=O)[C@H]13. The Morgan fingerprint density at radius 2 is 2.06 bits per heavy atom. The molecule has 174 valence electrons. The quantitative estimate of drug-likeness (QED) is 0.420. The Labute approximate surface area is 194 Å². The summed E-state index contributed by atoms with van der Waals surface area (Å²) < 4.78 is 16.7. The Morgan fingerprint density at radius 1 is 1.38 bits per heavy atom. The van der Waals surface area contributed by atoms with Gasteiger partial charge in [0.2, 0.25) is 11.8 Å². The van der Waals surface area contributed by atoms with E-state index >= 15 is 0 Å². The lowest BCUT2D eigenvalue weighted by Crippen LogP contribution is -2.56. The van der Waals surface area contributed by atoms with E-state index in [4.69, 9.17) is 14.2 Å². The van der Waals surface area contributed by atoms with Gasteiger partial charge in [-0.25, -0.2) is 0 Å². The molecule has 0 radical (unpaired) electrons. The molecule has 10 heteroatoms. The zero-order chi connectivity index (χ0) is 23.2. The number of halogens is 1. The highest BCUT2D eigenvalue weighted by atomic mass is 79.9. The predicted molar refractivity (Wildman–Crippen MR) is 117 cm³/mol.